The molecule has 1 rings (SSSR count). The van der Waals surface area contributed by atoms with Crippen LogP contribution in [0.25, 0.3) is 0 Å². The summed E-state index contributed by atoms with van der Waals surface area (Å²) in [7, 11) is 0. The molecule has 0 radical (unpaired) electrons. The van der Waals surface area contributed by atoms with Gasteiger partial charge in [0.25, 0.3) is 0 Å². The molecule has 3 N–H and O–H groups in total. The molecule has 0 spiro atoms. The number of pyridine rings is 1. The summed E-state index contributed by atoms with van der Waals surface area (Å²) in [6.07, 6.45) is 3.71. The second-order valence-corrected chi connectivity index (χ2v) is 4.96. The van der Waals surface area contributed by atoms with E-state index in [0.717, 1.165) is 24.9 Å². The molecule has 0 aliphatic rings. The van der Waals surface area contributed by atoms with Crippen molar-refractivity contribution in [2.75, 3.05) is 18.9 Å². The Hall–Kier alpha value is -1.13. The van der Waals surface area contributed by atoms with Crippen molar-refractivity contribution in [2.24, 2.45) is 0 Å². The van der Waals surface area contributed by atoms with Crippen molar-refractivity contribution in [3.05, 3.63) is 23.9 Å². The minimum absolute atomic E-state index is 0.0612. The van der Waals surface area contributed by atoms with Gasteiger partial charge in [0.1, 0.15) is 5.82 Å². The van der Waals surface area contributed by atoms with Crippen LogP contribution in [0.15, 0.2) is 18.3 Å². The molecule has 0 aliphatic carbocycles. The van der Waals surface area contributed by atoms with Crippen LogP contribution in [0, 0.1) is 0 Å². The molecule has 0 amide bonds. The normalized spacial score (nSPS) is 16.0. The second kappa shape index (κ2) is 7.46. The fraction of sp³-hybridized carbons (Fsp3) is 0.667. The third-order valence-corrected chi connectivity index (χ3v) is 3.57. The van der Waals surface area contributed by atoms with Gasteiger partial charge in [-0.05, 0) is 39.3 Å². The molecule has 2 atom stereocenters. The van der Waals surface area contributed by atoms with Crippen LogP contribution < -0.4 is 11.1 Å². The van der Waals surface area contributed by atoms with Crippen LogP contribution in [0.4, 0.5) is 5.82 Å². The zero-order valence-electron chi connectivity index (χ0n) is 12.6. The minimum atomic E-state index is -0.277. The van der Waals surface area contributed by atoms with Crippen LogP contribution in [0.5, 0.6) is 0 Å². The average molecular weight is 265 g/mol. The van der Waals surface area contributed by atoms with E-state index in [1.165, 1.54) is 0 Å². The van der Waals surface area contributed by atoms with E-state index in [1.807, 2.05) is 19.1 Å². The van der Waals surface area contributed by atoms with Gasteiger partial charge >= 0.3 is 0 Å². The van der Waals surface area contributed by atoms with Crippen LogP contribution >= 0.6 is 0 Å². The Labute approximate surface area is 116 Å². The maximum atomic E-state index is 6.03. The van der Waals surface area contributed by atoms with Crippen LogP contribution in [-0.2, 0) is 4.74 Å². The Bertz CT molecular complexity index is 383. The van der Waals surface area contributed by atoms with Crippen molar-refractivity contribution in [2.45, 2.75) is 52.2 Å². The summed E-state index contributed by atoms with van der Waals surface area (Å²) in [5, 5.41) is 3.56. The molecule has 0 fully saturated rings. The molecule has 1 heterocycles. The summed E-state index contributed by atoms with van der Waals surface area (Å²) in [4.78, 5) is 4.20. The number of aromatic nitrogens is 1. The summed E-state index contributed by atoms with van der Waals surface area (Å²) < 4.78 is 6.00. The van der Waals surface area contributed by atoms with Gasteiger partial charge in [-0.1, -0.05) is 19.9 Å². The first-order valence-corrected chi connectivity index (χ1v) is 7.16. The van der Waals surface area contributed by atoms with Crippen molar-refractivity contribution in [1.82, 2.24) is 10.3 Å². The van der Waals surface area contributed by atoms with Gasteiger partial charge in [0.15, 0.2) is 0 Å². The molecule has 0 bridgehead atoms. The van der Waals surface area contributed by atoms with E-state index in [9.17, 15) is 0 Å². The summed E-state index contributed by atoms with van der Waals surface area (Å²) in [6, 6.07) is 4.02. The number of rotatable bonds is 8. The maximum absolute atomic E-state index is 6.03. The Balaban J connectivity index is 3.09. The van der Waals surface area contributed by atoms with Gasteiger partial charge in [0, 0.05) is 18.4 Å². The van der Waals surface area contributed by atoms with Gasteiger partial charge in [-0.15, -0.1) is 0 Å². The molecule has 108 valence electrons. The quantitative estimate of drug-likeness (QED) is 0.758. The molecule has 2 unspecified atom stereocenters. The molecule has 1 aromatic heterocycles. The minimum Gasteiger partial charge on any atom is -0.383 e. The van der Waals surface area contributed by atoms with E-state index in [1.54, 1.807) is 6.20 Å². The lowest BCUT2D eigenvalue weighted by atomic mass is 9.87. The molecular weight excluding hydrogens is 238 g/mol. The smallest absolute Gasteiger partial charge is 0.128 e. The van der Waals surface area contributed by atoms with Crippen LogP contribution in [0.2, 0.25) is 0 Å². The molecule has 0 saturated heterocycles. The number of nitrogens with one attached hydrogen (secondary N) is 1. The predicted molar refractivity (Wildman–Crippen MR) is 80.0 cm³/mol. The first-order chi connectivity index (χ1) is 9.09. The lowest BCUT2D eigenvalue weighted by Crippen LogP contribution is -2.44. The standard InChI is InChI=1S/C15H27N3O/c1-5-10-17-13(15(4,6-2)19-7-3)12-9-8-11-18-14(12)16/h8-9,11,13,17H,5-7,10H2,1-4H3,(H2,16,18). The molecule has 4 nitrogen and oxygen atoms in total. The SMILES string of the molecule is CCCNC(c1cccnc1N)C(C)(CC)OCC. The molecule has 0 aromatic carbocycles. The number of hydrogen-bond acceptors (Lipinski definition) is 4. The van der Waals surface area contributed by atoms with E-state index in [0.29, 0.717) is 12.4 Å². The van der Waals surface area contributed by atoms with Gasteiger partial charge in [0.05, 0.1) is 11.6 Å². The van der Waals surface area contributed by atoms with Crippen molar-refractivity contribution in [1.29, 1.82) is 0 Å². The van der Waals surface area contributed by atoms with Gasteiger partial charge in [-0.2, -0.15) is 0 Å². The summed E-state index contributed by atoms with van der Waals surface area (Å²) >= 11 is 0. The zero-order valence-corrected chi connectivity index (χ0v) is 12.6. The zero-order chi connectivity index (χ0) is 14.3. The molecule has 0 aliphatic heterocycles. The highest BCUT2D eigenvalue weighted by molar-refractivity contribution is 5.42. The van der Waals surface area contributed by atoms with Gasteiger partial charge in [0.2, 0.25) is 0 Å². The predicted octanol–water partition coefficient (Wildman–Crippen LogP) is 2.91. The fourth-order valence-electron chi connectivity index (χ4n) is 2.34. The molecule has 0 saturated carbocycles. The van der Waals surface area contributed by atoms with E-state index in [2.05, 4.69) is 31.1 Å². The number of nitrogen functional groups attached to an aromatic ring is 1. The lowest BCUT2D eigenvalue weighted by molar-refractivity contribution is -0.0561. The van der Waals surface area contributed by atoms with E-state index in [4.69, 9.17) is 10.5 Å². The highest BCUT2D eigenvalue weighted by atomic mass is 16.5. The Morgan fingerprint density at radius 3 is 2.68 bits per heavy atom. The van der Waals surface area contributed by atoms with Gasteiger partial charge in [-0.3, -0.25) is 0 Å². The second-order valence-electron chi connectivity index (χ2n) is 4.96. The van der Waals surface area contributed by atoms with Gasteiger partial charge < -0.3 is 15.8 Å². The lowest BCUT2D eigenvalue weighted by Gasteiger charge is -2.38. The van der Waals surface area contributed by atoms with Gasteiger partial charge in [-0.25, -0.2) is 4.98 Å². The van der Waals surface area contributed by atoms with E-state index < -0.39 is 0 Å². The van der Waals surface area contributed by atoms with Crippen molar-refractivity contribution < 1.29 is 4.74 Å². The Kier molecular flexibility index (Phi) is 6.25. The maximum Gasteiger partial charge on any atom is 0.128 e. The van der Waals surface area contributed by atoms with Crippen molar-refractivity contribution in [3.8, 4) is 0 Å². The Morgan fingerprint density at radius 1 is 1.42 bits per heavy atom. The largest absolute Gasteiger partial charge is 0.383 e. The number of hydrogen-bond donors (Lipinski definition) is 2. The van der Waals surface area contributed by atoms with Crippen molar-refractivity contribution >= 4 is 5.82 Å². The summed E-state index contributed by atoms with van der Waals surface area (Å²) in [5.41, 5.74) is 6.78. The fourth-order valence-corrected chi connectivity index (χ4v) is 2.34. The molecule has 4 heteroatoms. The number of nitrogens with zero attached hydrogens (tertiary/aromatic N) is 1. The van der Waals surface area contributed by atoms with E-state index in [-0.39, 0.29) is 11.6 Å². The van der Waals surface area contributed by atoms with Crippen molar-refractivity contribution in [3.63, 3.8) is 0 Å². The average Bonchev–Trinajstić information content (AvgIpc) is 2.41. The third-order valence-electron chi connectivity index (χ3n) is 3.57. The number of ether oxygens (including phenoxy) is 1. The highest BCUT2D eigenvalue weighted by Crippen LogP contribution is 2.34. The summed E-state index contributed by atoms with van der Waals surface area (Å²) in [5.74, 6) is 0.579. The monoisotopic (exact) mass is 265 g/mol. The highest BCUT2D eigenvalue weighted by Gasteiger charge is 2.35. The third kappa shape index (κ3) is 3.91. The first kappa shape index (κ1) is 15.9. The first-order valence-electron chi connectivity index (χ1n) is 7.16. The molecular formula is C15H27N3O. The van der Waals surface area contributed by atoms with Crippen LogP contribution in [-0.4, -0.2) is 23.7 Å². The van der Waals surface area contributed by atoms with E-state index >= 15 is 0 Å². The van der Waals surface area contributed by atoms with Crippen LogP contribution in [0.3, 0.4) is 0 Å². The topological polar surface area (TPSA) is 60.2 Å². The molecule has 1 aromatic rings. The number of nitrogens with two attached hydrogens (primary N) is 1. The Morgan fingerprint density at radius 2 is 2.16 bits per heavy atom. The van der Waals surface area contributed by atoms with Crippen LogP contribution in [0.1, 0.15) is 52.1 Å². The molecule has 19 heavy (non-hydrogen) atoms. The summed E-state index contributed by atoms with van der Waals surface area (Å²) in [6.45, 7) is 10.1. The number of anilines is 1.